The number of para-hydroxylation sites is 2. The van der Waals surface area contributed by atoms with Gasteiger partial charge in [-0.3, -0.25) is 0 Å². The molecule has 3 aromatic rings. The van der Waals surface area contributed by atoms with Gasteiger partial charge in [-0.1, -0.05) is 42.5 Å². The third-order valence-corrected chi connectivity index (χ3v) is 7.93. The Kier molecular flexibility index (Phi) is 6.26. The second kappa shape index (κ2) is 9.48. The molecule has 176 valence electrons. The van der Waals surface area contributed by atoms with Gasteiger partial charge in [-0.15, -0.1) is 0 Å². The fourth-order valence-corrected chi connectivity index (χ4v) is 5.89. The molecular weight excluding hydrogens is 450 g/mol. The van der Waals surface area contributed by atoms with E-state index < -0.39 is 10.0 Å². The van der Waals surface area contributed by atoms with Crippen LogP contribution in [0.4, 0.5) is 5.69 Å². The second-order valence-corrected chi connectivity index (χ2v) is 10.3. The molecule has 8 heteroatoms. The van der Waals surface area contributed by atoms with Crippen LogP contribution in [0.2, 0.25) is 0 Å². The highest BCUT2D eigenvalue weighted by Gasteiger charge is 2.29. The van der Waals surface area contributed by atoms with E-state index in [-0.39, 0.29) is 5.75 Å². The maximum absolute atomic E-state index is 13.1. The predicted molar refractivity (Wildman–Crippen MR) is 133 cm³/mol. The Morgan fingerprint density at radius 1 is 0.912 bits per heavy atom. The first-order valence-corrected chi connectivity index (χ1v) is 12.9. The summed E-state index contributed by atoms with van der Waals surface area (Å²) in [5, 5.41) is 0. The summed E-state index contributed by atoms with van der Waals surface area (Å²) < 4.78 is 39.5. The van der Waals surface area contributed by atoms with E-state index in [1.165, 1.54) is 0 Å². The van der Waals surface area contributed by atoms with E-state index in [4.69, 9.17) is 14.5 Å². The highest BCUT2D eigenvalue weighted by molar-refractivity contribution is 7.88. The standard InChI is InChI=1S/C26H27N3O4S/c1-32-21-12-13-22-25(18-21)33-24-11-6-5-10-23(24)27-26(22)28-14-7-15-29(17-16-28)34(30,31)19-20-8-3-2-4-9-20/h2-6,8-13,18H,7,14-17,19H2,1H3. The van der Waals surface area contributed by atoms with E-state index in [1.807, 2.05) is 72.8 Å². The molecule has 0 N–H and O–H groups in total. The average molecular weight is 478 g/mol. The molecule has 0 aliphatic carbocycles. The molecule has 2 aliphatic heterocycles. The van der Waals surface area contributed by atoms with Gasteiger partial charge in [0.1, 0.15) is 23.0 Å². The first-order chi connectivity index (χ1) is 16.5. The molecule has 1 fully saturated rings. The smallest absolute Gasteiger partial charge is 0.218 e. The number of ether oxygens (including phenoxy) is 2. The van der Waals surface area contributed by atoms with Crippen LogP contribution in [0.5, 0.6) is 17.2 Å². The summed E-state index contributed by atoms with van der Waals surface area (Å²) in [6, 6.07) is 22.7. The van der Waals surface area contributed by atoms with Crippen molar-refractivity contribution < 1.29 is 17.9 Å². The summed E-state index contributed by atoms with van der Waals surface area (Å²) in [7, 11) is -1.79. The van der Waals surface area contributed by atoms with Crippen LogP contribution in [0.15, 0.2) is 77.8 Å². The summed E-state index contributed by atoms with van der Waals surface area (Å²) in [6.45, 7) is 2.13. The lowest BCUT2D eigenvalue weighted by Gasteiger charge is -2.25. The number of methoxy groups -OCH3 is 1. The van der Waals surface area contributed by atoms with Crippen molar-refractivity contribution in [1.29, 1.82) is 0 Å². The first kappa shape index (κ1) is 22.4. The van der Waals surface area contributed by atoms with Gasteiger partial charge in [-0.25, -0.2) is 13.4 Å². The minimum Gasteiger partial charge on any atom is -0.497 e. The van der Waals surface area contributed by atoms with E-state index in [0.717, 1.165) is 22.6 Å². The molecule has 0 aromatic heterocycles. The van der Waals surface area contributed by atoms with Gasteiger partial charge in [0.15, 0.2) is 5.75 Å². The molecule has 0 unspecified atom stereocenters. The Morgan fingerprint density at radius 3 is 2.53 bits per heavy atom. The van der Waals surface area contributed by atoms with Crippen molar-refractivity contribution >= 4 is 21.5 Å². The number of rotatable bonds is 4. The Hall–Kier alpha value is -3.36. The summed E-state index contributed by atoms with van der Waals surface area (Å²) in [5.74, 6) is 2.84. The molecule has 0 atom stereocenters. The quantitative estimate of drug-likeness (QED) is 0.556. The first-order valence-electron chi connectivity index (χ1n) is 11.3. The maximum atomic E-state index is 13.1. The number of nitrogens with zero attached hydrogens (tertiary/aromatic N) is 3. The van der Waals surface area contributed by atoms with E-state index in [9.17, 15) is 8.42 Å². The zero-order valence-electron chi connectivity index (χ0n) is 19.1. The van der Waals surface area contributed by atoms with Gasteiger partial charge in [0.2, 0.25) is 10.0 Å². The minimum absolute atomic E-state index is 0.0125. The zero-order valence-corrected chi connectivity index (χ0v) is 19.9. The molecule has 0 amide bonds. The van der Waals surface area contributed by atoms with Gasteiger partial charge in [0, 0.05) is 32.2 Å². The van der Waals surface area contributed by atoms with Gasteiger partial charge in [-0.05, 0) is 36.2 Å². The number of hydrogen-bond donors (Lipinski definition) is 0. The molecule has 3 aromatic carbocycles. The third-order valence-electron chi connectivity index (χ3n) is 6.08. The summed E-state index contributed by atoms with van der Waals surface area (Å²) in [6.07, 6.45) is 0.709. The lowest BCUT2D eigenvalue weighted by Crippen LogP contribution is -2.38. The largest absolute Gasteiger partial charge is 0.497 e. The van der Waals surface area contributed by atoms with Crippen molar-refractivity contribution in [3.8, 4) is 17.2 Å². The van der Waals surface area contributed by atoms with Crippen molar-refractivity contribution in [2.24, 2.45) is 4.99 Å². The fraction of sp³-hybridized carbons (Fsp3) is 0.269. The molecule has 0 spiro atoms. The van der Waals surface area contributed by atoms with Crippen LogP contribution in [-0.4, -0.2) is 56.7 Å². The lowest BCUT2D eigenvalue weighted by molar-refractivity contribution is 0.404. The maximum Gasteiger partial charge on any atom is 0.218 e. The second-order valence-electron chi connectivity index (χ2n) is 8.35. The molecule has 34 heavy (non-hydrogen) atoms. The molecule has 0 radical (unpaired) electrons. The molecule has 7 nitrogen and oxygen atoms in total. The predicted octanol–water partition coefficient (Wildman–Crippen LogP) is 4.42. The number of sulfonamides is 1. The van der Waals surface area contributed by atoms with Crippen molar-refractivity contribution in [3.63, 3.8) is 0 Å². The van der Waals surface area contributed by atoms with Crippen LogP contribution in [0.25, 0.3) is 0 Å². The van der Waals surface area contributed by atoms with Crippen LogP contribution in [0.3, 0.4) is 0 Å². The van der Waals surface area contributed by atoms with Crippen molar-refractivity contribution in [2.45, 2.75) is 12.2 Å². The Morgan fingerprint density at radius 2 is 1.71 bits per heavy atom. The summed E-state index contributed by atoms with van der Waals surface area (Å²) >= 11 is 0. The van der Waals surface area contributed by atoms with Crippen molar-refractivity contribution in [1.82, 2.24) is 9.21 Å². The van der Waals surface area contributed by atoms with Gasteiger partial charge in [-0.2, -0.15) is 4.31 Å². The number of benzene rings is 3. The highest BCUT2D eigenvalue weighted by atomic mass is 32.2. The zero-order chi connectivity index (χ0) is 23.5. The van der Waals surface area contributed by atoms with Crippen molar-refractivity contribution in [3.05, 3.63) is 83.9 Å². The number of fused-ring (bicyclic) bond motifs is 2. The third kappa shape index (κ3) is 4.64. The van der Waals surface area contributed by atoms with Gasteiger partial charge in [0.05, 0.1) is 18.4 Å². The lowest BCUT2D eigenvalue weighted by atomic mass is 10.1. The molecule has 0 saturated carbocycles. The van der Waals surface area contributed by atoms with Gasteiger partial charge < -0.3 is 14.4 Å². The minimum atomic E-state index is -3.41. The normalized spacial score (nSPS) is 16.4. The van der Waals surface area contributed by atoms with E-state index in [1.54, 1.807) is 11.4 Å². The van der Waals surface area contributed by atoms with Crippen LogP contribution in [0, 0.1) is 0 Å². The van der Waals surface area contributed by atoms with Crippen LogP contribution < -0.4 is 9.47 Å². The number of amidine groups is 1. The van der Waals surface area contributed by atoms with Crippen LogP contribution in [-0.2, 0) is 15.8 Å². The van der Waals surface area contributed by atoms with Crippen LogP contribution in [0.1, 0.15) is 17.5 Å². The molecule has 1 saturated heterocycles. The van der Waals surface area contributed by atoms with Crippen molar-refractivity contribution in [2.75, 3.05) is 33.3 Å². The van der Waals surface area contributed by atoms with E-state index >= 15 is 0 Å². The SMILES string of the molecule is COc1ccc2c(c1)Oc1ccccc1N=C2N1CCCN(S(=O)(=O)Cc2ccccc2)CC1. The summed E-state index contributed by atoms with van der Waals surface area (Å²) in [4.78, 5) is 7.13. The Labute approximate surface area is 200 Å². The monoisotopic (exact) mass is 477 g/mol. The number of hydrogen-bond acceptors (Lipinski definition) is 6. The fourth-order valence-electron chi connectivity index (χ4n) is 4.33. The van der Waals surface area contributed by atoms with Gasteiger partial charge >= 0.3 is 0 Å². The topological polar surface area (TPSA) is 71.4 Å². The van der Waals surface area contributed by atoms with E-state index in [2.05, 4.69) is 4.90 Å². The molecule has 2 aliphatic rings. The van der Waals surface area contributed by atoms with E-state index in [0.29, 0.717) is 49.8 Å². The molecule has 0 bridgehead atoms. The Balaban J connectivity index is 1.43. The van der Waals surface area contributed by atoms with Crippen LogP contribution >= 0.6 is 0 Å². The molecule has 2 heterocycles. The number of aliphatic imine (C=N–C) groups is 1. The molecule has 5 rings (SSSR count). The van der Waals surface area contributed by atoms with Gasteiger partial charge in [0.25, 0.3) is 0 Å². The molecular formula is C26H27N3O4S. The summed E-state index contributed by atoms with van der Waals surface area (Å²) in [5.41, 5.74) is 2.40. The Bertz CT molecular complexity index is 1310. The average Bonchev–Trinajstić information content (AvgIpc) is 3.19. The highest BCUT2D eigenvalue weighted by Crippen LogP contribution is 2.39.